The summed E-state index contributed by atoms with van der Waals surface area (Å²) in [4.78, 5) is 14.8. The van der Waals surface area contributed by atoms with E-state index in [9.17, 15) is 10.1 Å². The van der Waals surface area contributed by atoms with Gasteiger partial charge in [0.05, 0.1) is 10.4 Å². The van der Waals surface area contributed by atoms with Crippen molar-refractivity contribution in [3.63, 3.8) is 0 Å². The van der Waals surface area contributed by atoms with Crippen molar-refractivity contribution >= 4 is 16.6 Å². The van der Waals surface area contributed by atoms with E-state index in [0.717, 1.165) is 22.0 Å². The first-order valence-corrected chi connectivity index (χ1v) is 6.14. The van der Waals surface area contributed by atoms with E-state index in [0.29, 0.717) is 0 Å². The zero-order valence-corrected chi connectivity index (χ0v) is 13.4. The predicted molar refractivity (Wildman–Crippen MR) is 75.0 cm³/mol. The summed E-state index contributed by atoms with van der Waals surface area (Å²) in [6.07, 6.45) is 5.61. The number of hydrogen-bond donors (Lipinski definition) is 0. The molecule has 0 saturated heterocycles. The number of aromatic nitrogens is 2. The van der Waals surface area contributed by atoms with Gasteiger partial charge in [-0.15, -0.1) is 0 Å². The van der Waals surface area contributed by atoms with E-state index >= 15 is 0 Å². The molecule has 0 spiro atoms. The molecular formula is C15H12IN3O2. The van der Waals surface area contributed by atoms with Crippen LogP contribution in [0.1, 0.15) is 0 Å². The Kier molecular flexibility index (Phi) is 4.46. The van der Waals surface area contributed by atoms with E-state index in [1.165, 1.54) is 6.07 Å². The summed E-state index contributed by atoms with van der Waals surface area (Å²) < 4.78 is 1.94. The van der Waals surface area contributed by atoms with Gasteiger partial charge >= 0.3 is 0 Å². The zero-order valence-electron chi connectivity index (χ0n) is 11.2. The largest absolute Gasteiger partial charge is 1.00 e. The Bertz CT molecular complexity index is 804. The van der Waals surface area contributed by atoms with Crippen molar-refractivity contribution in [2.24, 2.45) is 7.05 Å². The number of pyridine rings is 2. The van der Waals surface area contributed by atoms with Gasteiger partial charge in [0, 0.05) is 35.8 Å². The third-order valence-electron chi connectivity index (χ3n) is 3.23. The Morgan fingerprint density at radius 3 is 2.52 bits per heavy atom. The van der Waals surface area contributed by atoms with E-state index < -0.39 is 0 Å². The van der Waals surface area contributed by atoms with E-state index in [1.54, 1.807) is 18.3 Å². The number of hydrogen-bond acceptors (Lipinski definition) is 3. The maximum atomic E-state index is 10.9. The lowest BCUT2D eigenvalue weighted by Crippen LogP contribution is -3.00. The Morgan fingerprint density at radius 2 is 1.86 bits per heavy atom. The van der Waals surface area contributed by atoms with Crippen LogP contribution in [0.4, 0.5) is 5.69 Å². The van der Waals surface area contributed by atoms with Crippen LogP contribution in [-0.4, -0.2) is 9.91 Å². The minimum atomic E-state index is -0.388. The molecule has 106 valence electrons. The van der Waals surface area contributed by atoms with Crippen LogP contribution in [0.3, 0.4) is 0 Å². The van der Waals surface area contributed by atoms with Gasteiger partial charge in [0.25, 0.3) is 5.69 Å². The molecule has 6 heteroatoms. The summed E-state index contributed by atoms with van der Waals surface area (Å²) in [5.74, 6) is 0. The monoisotopic (exact) mass is 393 g/mol. The van der Waals surface area contributed by atoms with Crippen LogP contribution in [0, 0.1) is 10.1 Å². The summed E-state index contributed by atoms with van der Waals surface area (Å²) in [6, 6.07) is 10.6. The standard InChI is InChI=1S/C15H12N3O2.HI/c1-17-8-5-11(6-9-17)13-4-7-16-15-3-2-12(18(19)20)10-14(13)15;/h2-10H,1H3;1H/q+1;/p-1. The minimum Gasteiger partial charge on any atom is -1.00 e. The van der Waals surface area contributed by atoms with Crippen LogP contribution in [-0.2, 0) is 7.05 Å². The average molecular weight is 393 g/mol. The SMILES string of the molecule is C[n+]1ccc(-c2ccnc3ccc([N+](=O)[O-])cc23)cc1.[I-]. The van der Waals surface area contributed by atoms with Crippen LogP contribution in [0.15, 0.2) is 55.0 Å². The third-order valence-corrected chi connectivity index (χ3v) is 3.23. The van der Waals surface area contributed by atoms with Gasteiger partial charge in [0.1, 0.15) is 7.05 Å². The Morgan fingerprint density at radius 1 is 1.14 bits per heavy atom. The molecule has 21 heavy (non-hydrogen) atoms. The van der Waals surface area contributed by atoms with E-state index in [4.69, 9.17) is 0 Å². The van der Waals surface area contributed by atoms with E-state index in [-0.39, 0.29) is 34.6 Å². The van der Waals surface area contributed by atoms with Gasteiger partial charge in [0.15, 0.2) is 12.4 Å². The second-order valence-corrected chi connectivity index (χ2v) is 4.57. The lowest BCUT2D eigenvalue weighted by molar-refractivity contribution is -0.671. The highest BCUT2D eigenvalue weighted by Gasteiger charge is 2.11. The summed E-state index contributed by atoms with van der Waals surface area (Å²) in [6.45, 7) is 0. The first-order chi connectivity index (χ1) is 9.65. The normalized spacial score (nSPS) is 10.1. The Labute approximate surface area is 138 Å². The summed E-state index contributed by atoms with van der Waals surface area (Å²) in [5.41, 5.74) is 2.78. The zero-order chi connectivity index (χ0) is 14.1. The number of halogens is 1. The molecule has 0 aliphatic rings. The Balaban J connectivity index is 0.00000161. The number of aryl methyl sites for hydroxylation is 1. The van der Waals surface area contributed by atoms with Crippen molar-refractivity contribution in [1.82, 2.24) is 4.98 Å². The van der Waals surface area contributed by atoms with Crippen LogP contribution >= 0.6 is 0 Å². The van der Waals surface area contributed by atoms with Crippen molar-refractivity contribution in [1.29, 1.82) is 0 Å². The molecule has 0 radical (unpaired) electrons. The van der Waals surface area contributed by atoms with E-state index in [2.05, 4.69) is 4.98 Å². The van der Waals surface area contributed by atoms with E-state index in [1.807, 2.05) is 42.2 Å². The molecule has 0 saturated carbocycles. The first-order valence-electron chi connectivity index (χ1n) is 6.14. The maximum absolute atomic E-state index is 10.9. The molecule has 2 aromatic heterocycles. The smallest absolute Gasteiger partial charge is 0.270 e. The first kappa shape index (κ1) is 15.3. The molecule has 0 atom stereocenters. The highest BCUT2D eigenvalue weighted by atomic mass is 127. The fourth-order valence-corrected chi connectivity index (χ4v) is 2.18. The van der Waals surface area contributed by atoms with Gasteiger partial charge in [-0.3, -0.25) is 15.1 Å². The molecule has 5 nitrogen and oxygen atoms in total. The predicted octanol–water partition coefficient (Wildman–Crippen LogP) is -0.362. The van der Waals surface area contributed by atoms with Crippen molar-refractivity contribution in [3.8, 4) is 11.1 Å². The van der Waals surface area contributed by atoms with Crippen LogP contribution in [0.25, 0.3) is 22.0 Å². The van der Waals surface area contributed by atoms with Crippen LogP contribution in [0.5, 0.6) is 0 Å². The Hall–Kier alpha value is -2.09. The molecule has 0 fully saturated rings. The fraction of sp³-hybridized carbons (Fsp3) is 0.0667. The maximum Gasteiger partial charge on any atom is 0.270 e. The molecule has 0 bridgehead atoms. The summed E-state index contributed by atoms with van der Waals surface area (Å²) in [5, 5.41) is 11.7. The number of nitro groups is 1. The average Bonchev–Trinajstić information content (AvgIpc) is 2.47. The molecule has 0 aliphatic carbocycles. The second kappa shape index (κ2) is 6.13. The van der Waals surface area contributed by atoms with Gasteiger partial charge in [0.2, 0.25) is 0 Å². The number of non-ortho nitro benzene ring substituents is 1. The highest BCUT2D eigenvalue weighted by Crippen LogP contribution is 2.29. The molecule has 1 aromatic carbocycles. The summed E-state index contributed by atoms with van der Waals surface area (Å²) in [7, 11) is 1.94. The molecule has 0 unspecified atom stereocenters. The molecular weight excluding hydrogens is 381 g/mol. The summed E-state index contributed by atoms with van der Waals surface area (Å²) >= 11 is 0. The van der Waals surface area contributed by atoms with Gasteiger partial charge in [-0.05, 0) is 23.3 Å². The number of fused-ring (bicyclic) bond motifs is 1. The van der Waals surface area contributed by atoms with Crippen molar-refractivity contribution in [3.05, 3.63) is 65.1 Å². The molecule has 3 aromatic rings. The molecule has 2 heterocycles. The van der Waals surface area contributed by atoms with Gasteiger partial charge in [-0.25, -0.2) is 4.57 Å². The van der Waals surface area contributed by atoms with Gasteiger partial charge < -0.3 is 24.0 Å². The van der Waals surface area contributed by atoms with Crippen molar-refractivity contribution < 1.29 is 33.5 Å². The number of rotatable bonds is 2. The number of benzene rings is 1. The molecule has 3 rings (SSSR count). The number of nitrogens with zero attached hydrogens (tertiary/aromatic N) is 3. The van der Waals surface area contributed by atoms with Crippen LogP contribution in [0.2, 0.25) is 0 Å². The highest BCUT2D eigenvalue weighted by molar-refractivity contribution is 5.95. The lowest BCUT2D eigenvalue weighted by Gasteiger charge is -2.05. The van der Waals surface area contributed by atoms with Crippen molar-refractivity contribution in [2.75, 3.05) is 0 Å². The minimum absolute atomic E-state index is 0. The van der Waals surface area contributed by atoms with Crippen LogP contribution < -0.4 is 28.5 Å². The second-order valence-electron chi connectivity index (χ2n) is 4.57. The number of nitro benzene ring substituents is 1. The topological polar surface area (TPSA) is 59.9 Å². The van der Waals surface area contributed by atoms with Crippen molar-refractivity contribution in [2.45, 2.75) is 0 Å². The fourth-order valence-electron chi connectivity index (χ4n) is 2.18. The lowest BCUT2D eigenvalue weighted by atomic mass is 10.0. The molecule has 0 N–H and O–H groups in total. The van der Waals surface area contributed by atoms with Gasteiger partial charge in [-0.2, -0.15) is 0 Å². The molecule has 0 aliphatic heterocycles. The third kappa shape index (κ3) is 2.99. The van der Waals surface area contributed by atoms with Gasteiger partial charge in [-0.1, -0.05) is 0 Å². The quantitative estimate of drug-likeness (QED) is 0.259. The molecule has 0 amide bonds.